The van der Waals surface area contributed by atoms with Crippen molar-refractivity contribution in [3.8, 4) is 0 Å². The summed E-state index contributed by atoms with van der Waals surface area (Å²) in [6.07, 6.45) is 1.72. The number of hydrogen-bond acceptors (Lipinski definition) is 4. The number of carboxylic acids is 1. The molecule has 1 unspecified atom stereocenters. The molecule has 0 saturated carbocycles. The van der Waals surface area contributed by atoms with Crippen molar-refractivity contribution in [2.24, 2.45) is 0 Å². The maximum atomic E-state index is 10.6. The first-order valence-electron chi connectivity index (χ1n) is 6.00. The molecule has 17 heavy (non-hydrogen) atoms. The van der Waals surface area contributed by atoms with Gasteiger partial charge in [0.25, 0.3) is 0 Å². The molecule has 5 nitrogen and oxygen atoms in total. The van der Waals surface area contributed by atoms with Gasteiger partial charge in [0.2, 0.25) is 0 Å². The Bertz CT molecular complexity index is 291. The summed E-state index contributed by atoms with van der Waals surface area (Å²) >= 11 is 0. The van der Waals surface area contributed by atoms with E-state index in [0.717, 1.165) is 26.2 Å². The monoisotopic (exact) mass is 241 g/mol. The molecule has 1 saturated heterocycles. The highest BCUT2D eigenvalue weighted by Crippen LogP contribution is 2.04. The fraction of sp³-hybridized carbons (Fsp3) is 0.750. The van der Waals surface area contributed by atoms with Crippen LogP contribution in [0.1, 0.15) is 6.92 Å². The molecule has 0 aromatic carbocycles. The summed E-state index contributed by atoms with van der Waals surface area (Å²) in [5.41, 5.74) is 0.395. The van der Waals surface area contributed by atoms with Gasteiger partial charge in [-0.2, -0.15) is 0 Å². The van der Waals surface area contributed by atoms with Crippen LogP contribution >= 0.6 is 0 Å². The summed E-state index contributed by atoms with van der Waals surface area (Å²) in [5, 5.41) is 12.0. The van der Waals surface area contributed by atoms with E-state index in [-0.39, 0.29) is 0 Å². The topological polar surface area (TPSA) is 55.8 Å². The van der Waals surface area contributed by atoms with Gasteiger partial charge in [0.05, 0.1) is 0 Å². The van der Waals surface area contributed by atoms with Crippen molar-refractivity contribution >= 4 is 5.97 Å². The zero-order valence-corrected chi connectivity index (χ0v) is 10.9. The van der Waals surface area contributed by atoms with Crippen LogP contribution < -0.4 is 5.32 Å². The largest absolute Gasteiger partial charge is 0.478 e. The van der Waals surface area contributed by atoms with Crippen LogP contribution in [0, 0.1) is 0 Å². The van der Waals surface area contributed by atoms with Gasteiger partial charge < -0.3 is 15.3 Å². The Morgan fingerprint density at radius 3 is 2.82 bits per heavy atom. The summed E-state index contributed by atoms with van der Waals surface area (Å²) in [6.45, 7) is 6.39. The average Bonchev–Trinajstić information content (AvgIpc) is 2.28. The van der Waals surface area contributed by atoms with E-state index < -0.39 is 5.97 Å². The van der Waals surface area contributed by atoms with Crippen molar-refractivity contribution in [3.63, 3.8) is 0 Å². The molecule has 0 aromatic rings. The molecule has 1 aliphatic heterocycles. The first-order chi connectivity index (χ1) is 8.00. The van der Waals surface area contributed by atoms with Crippen LogP contribution in [0.15, 0.2) is 11.6 Å². The van der Waals surface area contributed by atoms with E-state index in [2.05, 4.69) is 29.2 Å². The lowest BCUT2D eigenvalue weighted by atomic mass is 10.2. The Balaban J connectivity index is 2.26. The van der Waals surface area contributed by atoms with E-state index in [4.69, 9.17) is 5.11 Å². The summed E-state index contributed by atoms with van der Waals surface area (Å²) in [4.78, 5) is 15.3. The number of piperazine rings is 1. The first-order valence-corrected chi connectivity index (χ1v) is 6.00. The van der Waals surface area contributed by atoms with Crippen molar-refractivity contribution in [2.45, 2.75) is 13.0 Å². The number of hydrogen-bond donors (Lipinski definition) is 2. The third-order valence-electron chi connectivity index (χ3n) is 3.25. The zero-order chi connectivity index (χ0) is 12.8. The highest BCUT2D eigenvalue weighted by Gasteiger charge is 2.21. The highest BCUT2D eigenvalue weighted by atomic mass is 16.4. The molecule has 0 spiro atoms. The van der Waals surface area contributed by atoms with Crippen LogP contribution in [0.2, 0.25) is 0 Å². The minimum Gasteiger partial charge on any atom is -0.478 e. The highest BCUT2D eigenvalue weighted by molar-refractivity contribution is 5.85. The Kier molecular flexibility index (Phi) is 5.61. The molecule has 1 fully saturated rings. The summed E-state index contributed by atoms with van der Waals surface area (Å²) in [7, 11) is 4.27. The Morgan fingerprint density at radius 1 is 1.47 bits per heavy atom. The maximum Gasteiger partial charge on any atom is 0.330 e. The van der Waals surface area contributed by atoms with E-state index in [1.807, 2.05) is 0 Å². The lowest BCUT2D eigenvalue weighted by molar-refractivity contribution is -0.132. The van der Waals surface area contributed by atoms with Crippen LogP contribution in [0.3, 0.4) is 0 Å². The molecule has 98 valence electrons. The predicted molar refractivity (Wildman–Crippen MR) is 68.2 cm³/mol. The van der Waals surface area contributed by atoms with Gasteiger partial charge in [0.1, 0.15) is 0 Å². The van der Waals surface area contributed by atoms with Gasteiger partial charge in [-0.3, -0.25) is 4.90 Å². The number of carboxylic acid groups (broad SMARTS) is 1. The molecule has 0 bridgehead atoms. The molecule has 0 aromatic heterocycles. The van der Waals surface area contributed by atoms with Gasteiger partial charge in [0, 0.05) is 44.3 Å². The normalized spacial score (nSPS) is 23.9. The molecule has 2 N–H and O–H groups in total. The number of likely N-dealkylation sites (N-methyl/N-ethyl adjacent to an activating group) is 2. The molecule has 1 heterocycles. The summed E-state index contributed by atoms with van der Waals surface area (Å²) in [5.74, 6) is -0.846. The number of rotatable bonds is 5. The van der Waals surface area contributed by atoms with Gasteiger partial charge in [-0.25, -0.2) is 4.79 Å². The van der Waals surface area contributed by atoms with E-state index >= 15 is 0 Å². The molecular formula is C12H23N3O2. The standard InChI is InChI=1S/C12H23N3O2/c1-10(12(16)17)4-5-13-8-11-9-14(2)6-7-15(11)3/h4,11,13H,5-9H2,1-3H3,(H,16,17)/b10-4-. The zero-order valence-electron chi connectivity index (χ0n) is 10.9. The van der Waals surface area contributed by atoms with Gasteiger partial charge >= 0.3 is 5.97 Å². The van der Waals surface area contributed by atoms with Crippen LogP contribution in [-0.2, 0) is 4.79 Å². The maximum absolute atomic E-state index is 10.6. The van der Waals surface area contributed by atoms with Gasteiger partial charge in [0.15, 0.2) is 0 Å². The van der Waals surface area contributed by atoms with Gasteiger partial charge in [-0.1, -0.05) is 6.08 Å². The lowest BCUT2D eigenvalue weighted by Crippen LogP contribution is -2.53. The molecule has 5 heteroatoms. The van der Waals surface area contributed by atoms with E-state index in [1.54, 1.807) is 13.0 Å². The summed E-state index contributed by atoms with van der Waals surface area (Å²) < 4.78 is 0. The molecule has 0 radical (unpaired) electrons. The second kappa shape index (κ2) is 6.74. The van der Waals surface area contributed by atoms with Gasteiger partial charge in [-0.15, -0.1) is 0 Å². The Labute approximate surface area is 103 Å². The van der Waals surface area contributed by atoms with Gasteiger partial charge in [-0.05, 0) is 21.0 Å². The number of carbonyl (C=O) groups is 1. The van der Waals surface area contributed by atoms with Crippen molar-refractivity contribution in [2.75, 3.05) is 46.8 Å². The van der Waals surface area contributed by atoms with Crippen LogP contribution in [-0.4, -0.2) is 73.7 Å². The quantitative estimate of drug-likeness (QED) is 0.518. The predicted octanol–water partition coefficient (Wildman–Crippen LogP) is -0.147. The minimum atomic E-state index is -0.846. The lowest BCUT2D eigenvalue weighted by Gasteiger charge is -2.37. The molecule has 1 atom stereocenters. The molecule has 0 amide bonds. The van der Waals surface area contributed by atoms with E-state index in [9.17, 15) is 4.79 Å². The average molecular weight is 241 g/mol. The SMILES string of the molecule is C/C(=C/CNCC1CN(C)CCN1C)C(=O)O. The number of nitrogens with zero attached hydrogens (tertiary/aromatic N) is 2. The van der Waals surface area contributed by atoms with Crippen LogP contribution in [0.25, 0.3) is 0 Å². The Morgan fingerprint density at radius 2 is 2.18 bits per heavy atom. The summed E-state index contributed by atoms with van der Waals surface area (Å²) in [6, 6.07) is 0.507. The fourth-order valence-corrected chi connectivity index (χ4v) is 1.88. The van der Waals surface area contributed by atoms with E-state index in [1.165, 1.54) is 0 Å². The molecular weight excluding hydrogens is 218 g/mol. The minimum absolute atomic E-state index is 0.395. The first kappa shape index (κ1) is 14.2. The smallest absolute Gasteiger partial charge is 0.330 e. The van der Waals surface area contributed by atoms with Crippen molar-refractivity contribution < 1.29 is 9.90 Å². The fourth-order valence-electron chi connectivity index (χ4n) is 1.88. The third kappa shape index (κ3) is 4.85. The Hall–Kier alpha value is -0.910. The molecule has 1 aliphatic rings. The van der Waals surface area contributed by atoms with E-state index in [0.29, 0.717) is 18.2 Å². The van der Waals surface area contributed by atoms with Crippen molar-refractivity contribution in [1.82, 2.24) is 15.1 Å². The van der Waals surface area contributed by atoms with Crippen LogP contribution in [0.5, 0.6) is 0 Å². The van der Waals surface area contributed by atoms with Crippen molar-refractivity contribution in [1.29, 1.82) is 0 Å². The number of nitrogens with one attached hydrogen (secondary N) is 1. The molecule has 0 aliphatic carbocycles. The number of aliphatic carboxylic acids is 1. The second-order valence-corrected chi connectivity index (χ2v) is 4.75. The third-order valence-corrected chi connectivity index (χ3v) is 3.25. The van der Waals surface area contributed by atoms with Crippen molar-refractivity contribution in [3.05, 3.63) is 11.6 Å². The molecule has 1 rings (SSSR count). The van der Waals surface area contributed by atoms with Crippen LogP contribution in [0.4, 0.5) is 0 Å². The second-order valence-electron chi connectivity index (χ2n) is 4.75.